The Morgan fingerprint density at radius 1 is 1.30 bits per heavy atom. The zero-order valence-corrected chi connectivity index (χ0v) is 12.0. The molecule has 2 aliphatic heterocycles. The summed E-state index contributed by atoms with van der Waals surface area (Å²) in [6, 6.07) is 4.14. The average molecular weight is 274 g/mol. The molecular weight excluding hydrogens is 252 g/mol. The third-order valence-electron chi connectivity index (χ3n) is 4.19. The summed E-state index contributed by atoms with van der Waals surface area (Å²) in [7, 11) is 0. The van der Waals surface area contributed by atoms with E-state index < -0.39 is 0 Å². The summed E-state index contributed by atoms with van der Waals surface area (Å²) in [5.74, 6) is 1.09. The molecule has 1 N–H and O–H groups in total. The monoisotopic (exact) mass is 274 g/mol. The Morgan fingerprint density at radius 2 is 2.10 bits per heavy atom. The van der Waals surface area contributed by atoms with Crippen molar-refractivity contribution in [3.05, 3.63) is 23.9 Å². The van der Waals surface area contributed by atoms with Crippen molar-refractivity contribution in [1.29, 1.82) is 0 Å². The molecule has 20 heavy (non-hydrogen) atoms. The van der Waals surface area contributed by atoms with E-state index in [1.807, 2.05) is 17.0 Å². The van der Waals surface area contributed by atoms with Crippen LogP contribution in [-0.4, -0.2) is 54.6 Å². The number of aromatic nitrogens is 1. The molecule has 1 atom stereocenters. The maximum absolute atomic E-state index is 12.5. The van der Waals surface area contributed by atoms with Crippen molar-refractivity contribution in [2.45, 2.75) is 25.8 Å². The van der Waals surface area contributed by atoms with E-state index in [0.29, 0.717) is 5.56 Å². The molecule has 1 amide bonds. The second kappa shape index (κ2) is 5.79. The minimum Gasteiger partial charge on any atom is -0.357 e. The molecule has 1 unspecified atom stereocenters. The van der Waals surface area contributed by atoms with E-state index in [1.54, 1.807) is 6.20 Å². The van der Waals surface area contributed by atoms with Gasteiger partial charge in [0.2, 0.25) is 0 Å². The Labute approximate surface area is 120 Å². The lowest BCUT2D eigenvalue weighted by Gasteiger charge is -2.34. The van der Waals surface area contributed by atoms with E-state index in [9.17, 15) is 4.79 Å². The van der Waals surface area contributed by atoms with Crippen molar-refractivity contribution in [1.82, 2.24) is 15.2 Å². The maximum atomic E-state index is 12.5. The lowest BCUT2D eigenvalue weighted by Crippen LogP contribution is -2.52. The number of amides is 1. The summed E-state index contributed by atoms with van der Waals surface area (Å²) in [5, 5.41) is 3.30. The summed E-state index contributed by atoms with van der Waals surface area (Å²) >= 11 is 0. The molecule has 1 aromatic heterocycles. The molecule has 3 rings (SSSR count). The van der Waals surface area contributed by atoms with Gasteiger partial charge in [-0.25, -0.2) is 4.98 Å². The van der Waals surface area contributed by atoms with Crippen LogP contribution < -0.4 is 10.2 Å². The number of hydrogen-bond donors (Lipinski definition) is 1. The van der Waals surface area contributed by atoms with Crippen LogP contribution in [0.25, 0.3) is 0 Å². The van der Waals surface area contributed by atoms with Gasteiger partial charge in [-0.05, 0) is 31.9 Å². The van der Waals surface area contributed by atoms with Crippen LogP contribution in [0.15, 0.2) is 18.3 Å². The van der Waals surface area contributed by atoms with Gasteiger partial charge in [0.25, 0.3) is 5.91 Å². The third-order valence-corrected chi connectivity index (χ3v) is 4.19. The van der Waals surface area contributed by atoms with Gasteiger partial charge in [0.15, 0.2) is 0 Å². The minimum absolute atomic E-state index is 0.0967. The van der Waals surface area contributed by atoms with Gasteiger partial charge >= 0.3 is 0 Å². The normalized spacial score (nSPS) is 23.1. The average Bonchev–Trinajstić information content (AvgIpc) is 3.01. The first-order valence-corrected chi connectivity index (χ1v) is 7.48. The van der Waals surface area contributed by atoms with Crippen LogP contribution in [-0.2, 0) is 0 Å². The van der Waals surface area contributed by atoms with Crippen molar-refractivity contribution in [2.24, 2.45) is 0 Å². The first-order valence-electron chi connectivity index (χ1n) is 7.48. The van der Waals surface area contributed by atoms with Gasteiger partial charge in [-0.3, -0.25) is 4.79 Å². The highest BCUT2D eigenvalue weighted by Gasteiger charge is 2.24. The predicted molar refractivity (Wildman–Crippen MR) is 79.1 cm³/mol. The predicted octanol–water partition coefficient (Wildman–Crippen LogP) is 1.12. The smallest absolute Gasteiger partial charge is 0.255 e. The van der Waals surface area contributed by atoms with E-state index in [1.165, 1.54) is 12.8 Å². The van der Waals surface area contributed by atoms with Gasteiger partial charge in [-0.1, -0.05) is 0 Å². The van der Waals surface area contributed by atoms with Crippen LogP contribution in [0, 0.1) is 0 Å². The van der Waals surface area contributed by atoms with Crippen LogP contribution in [0.3, 0.4) is 0 Å². The molecule has 5 heteroatoms. The zero-order valence-electron chi connectivity index (χ0n) is 12.0. The van der Waals surface area contributed by atoms with E-state index in [0.717, 1.165) is 38.5 Å². The van der Waals surface area contributed by atoms with Crippen LogP contribution in [0.4, 0.5) is 5.82 Å². The first kappa shape index (κ1) is 13.4. The summed E-state index contributed by atoms with van der Waals surface area (Å²) in [5.41, 5.74) is 0.696. The Hall–Kier alpha value is -1.62. The molecule has 108 valence electrons. The number of rotatable bonds is 2. The molecule has 1 aromatic rings. The fourth-order valence-electron chi connectivity index (χ4n) is 2.95. The summed E-state index contributed by atoms with van der Waals surface area (Å²) in [6.45, 7) is 6.74. The van der Waals surface area contributed by atoms with E-state index in [2.05, 4.69) is 22.1 Å². The van der Waals surface area contributed by atoms with Gasteiger partial charge in [0.1, 0.15) is 5.82 Å². The molecule has 2 aliphatic rings. The Bertz CT molecular complexity index is 467. The largest absolute Gasteiger partial charge is 0.357 e. The van der Waals surface area contributed by atoms with Gasteiger partial charge < -0.3 is 15.1 Å². The summed E-state index contributed by atoms with van der Waals surface area (Å²) < 4.78 is 0. The highest BCUT2D eigenvalue weighted by Crippen LogP contribution is 2.18. The number of carbonyl (C=O) groups is 1. The fraction of sp³-hybridized carbons (Fsp3) is 0.600. The topological polar surface area (TPSA) is 48.5 Å². The van der Waals surface area contributed by atoms with Crippen LogP contribution in [0.1, 0.15) is 30.1 Å². The number of piperazine rings is 1. The number of carbonyl (C=O) groups excluding carboxylic acids is 1. The molecule has 0 bridgehead atoms. The molecule has 0 radical (unpaired) electrons. The zero-order chi connectivity index (χ0) is 13.9. The Kier molecular flexibility index (Phi) is 3.87. The lowest BCUT2D eigenvalue weighted by atomic mass is 10.1. The third kappa shape index (κ3) is 2.63. The standard InChI is InChI=1S/C15H22N4O/c1-12-10-16-6-9-19(12)15(20)13-4-5-14(17-11-13)18-7-2-3-8-18/h4-5,11-12,16H,2-3,6-10H2,1H3. The molecule has 2 fully saturated rings. The Balaban J connectivity index is 1.71. The number of anilines is 1. The number of pyridine rings is 1. The number of nitrogens with zero attached hydrogens (tertiary/aromatic N) is 3. The number of hydrogen-bond acceptors (Lipinski definition) is 4. The molecular formula is C15H22N4O. The molecule has 0 saturated carbocycles. The number of nitrogens with one attached hydrogen (secondary N) is 1. The summed E-state index contributed by atoms with van der Waals surface area (Å²) in [6.07, 6.45) is 4.20. The van der Waals surface area contributed by atoms with Gasteiger partial charge in [-0.15, -0.1) is 0 Å². The van der Waals surface area contributed by atoms with E-state index in [4.69, 9.17) is 0 Å². The van der Waals surface area contributed by atoms with Gasteiger partial charge in [0.05, 0.1) is 5.56 Å². The van der Waals surface area contributed by atoms with Gasteiger partial charge in [0, 0.05) is 45.0 Å². The van der Waals surface area contributed by atoms with Crippen LogP contribution >= 0.6 is 0 Å². The second-order valence-electron chi connectivity index (χ2n) is 5.65. The minimum atomic E-state index is 0.0967. The quantitative estimate of drug-likeness (QED) is 0.878. The Morgan fingerprint density at radius 3 is 2.75 bits per heavy atom. The van der Waals surface area contributed by atoms with E-state index >= 15 is 0 Å². The van der Waals surface area contributed by atoms with E-state index in [-0.39, 0.29) is 11.9 Å². The van der Waals surface area contributed by atoms with Crippen LogP contribution in [0.5, 0.6) is 0 Å². The van der Waals surface area contributed by atoms with Crippen molar-refractivity contribution in [3.8, 4) is 0 Å². The summed E-state index contributed by atoms with van der Waals surface area (Å²) in [4.78, 5) is 21.2. The molecule has 0 aliphatic carbocycles. The lowest BCUT2D eigenvalue weighted by molar-refractivity contribution is 0.0655. The molecule has 0 spiro atoms. The fourth-order valence-corrected chi connectivity index (χ4v) is 2.95. The van der Waals surface area contributed by atoms with Crippen molar-refractivity contribution in [2.75, 3.05) is 37.6 Å². The van der Waals surface area contributed by atoms with Crippen molar-refractivity contribution in [3.63, 3.8) is 0 Å². The van der Waals surface area contributed by atoms with Crippen molar-refractivity contribution < 1.29 is 4.79 Å². The van der Waals surface area contributed by atoms with Crippen LogP contribution in [0.2, 0.25) is 0 Å². The highest BCUT2D eigenvalue weighted by molar-refractivity contribution is 5.94. The second-order valence-corrected chi connectivity index (χ2v) is 5.65. The van der Waals surface area contributed by atoms with Crippen molar-refractivity contribution >= 4 is 11.7 Å². The maximum Gasteiger partial charge on any atom is 0.255 e. The molecule has 2 saturated heterocycles. The highest BCUT2D eigenvalue weighted by atomic mass is 16.2. The molecule has 0 aromatic carbocycles. The molecule has 5 nitrogen and oxygen atoms in total. The van der Waals surface area contributed by atoms with Gasteiger partial charge in [-0.2, -0.15) is 0 Å². The molecule has 3 heterocycles. The first-order chi connectivity index (χ1) is 9.75. The SMILES string of the molecule is CC1CNCCN1C(=O)c1ccc(N2CCCC2)nc1.